The van der Waals surface area contributed by atoms with E-state index in [-0.39, 0.29) is 35.0 Å². The molecule has 0 bridgehead atoms. The molecule has 0 radical (unpaired) electrons. The molecule has 0 saturated heterocycles. The molecule has 0 spiro atoms. The van der Waals surface area contributed by atoms with Gasteiger partial charge < -0.3 is 14.6 Å². The van der Waals surface area contributed by atoms with Crippen LogP contribution in [0.5, 0.6) is 0 Å². The fourth-order valence-electron chi connectivity index (χ4n) is 8.71. The third-order valence-corrected chi connectivity index (χ3v) is 10.4. The minimum atomic E-state index is -0.258. The van der Waals surface area contributed by atoms with Crippen LogP contribution >= 0.6 is 0 Å². The fraction of sp³-hybridized carbons (Fsp3) is 0.923. The third kappa shape index (κ3) is 3.94. The van der Waals surface area contributed by atoms with Gasteiger partial charge in [0.25, 0.3) is 0 Å². The van der Waals surface area contributed by atoms with Crippen molar-refractivity contribution in [1.29, 1.82) is 0 Å². The van der Waals surface area contributed by atoms with E-state index in [1.165, 1.54) is 39.7 Å². The van der Waals surface area contributed by atoms with Crippen LogP contribution in [0.1, 0.15) is 91.4 Å². The summed E-state index contributed by atoms with van der Waals surface area (Å²) in [5.41, 5.74) is 0.236. The summed E-state index contributed by atoms with van der Waals surface area (Å²) < 4.78 is 10.4. The molecule has 0 aliphatic heterocycles. The second kappa shape index (κ2) is 8.68. The van der Waals surface area contributed by atoms with Gasteiger partial charge in [0.1, 0.15) is 6.10 Å². The molecule has 0 heterocycles. The average molecular weight is 435 g/mol. The predicted octanol–water partition coefficient (Wildman–Crippen LogP) is 4.89. The summed E-state index contributed by atoms with van der Waals surface area (Å²) in [7, 11) is 1.46. The molecule has 1 N–H and O–H groups in total. The number of hydrogen-bond acceptors (Lipinski definition) is 5. The van der Waals surface area contributed by atoms with Gasteiger partial charge in [-0.25, -0.2) is 0 Å². The lowest BCUT2D eigenvalue weighted by molar-refractivity contribution is -0.178. The first-order valence-corrected chi connectivity index (χ1v) is 12.6. The van der Waals surface area contributed by atoms with Crippen LogP contribution < -0.4 is 0 Å². The minimum absolute atomic E-state index is 0.0184. The van der Waals surface area contributed by atoms with Gasteiger partial charge >= 0.3 is 11.9 Å². The second-order valence-corrected chi connectivity index (χ2v) is 11.5. The van der Waals surface area contributed by atoms with E-state index in [0.29, 0.717) is 36.0 Å². The van der Waals surface area contributed by atoms with Crippen LogP contribution in [0.4, 0.5) is 0 Å². The lowest BCUT2D eigenvalue weighted by Crippen LogP contribution is -2.58. The van der Waals surface area contributed by atoms with Crippen molar-refractivity contribution < 1.29 is 24.2 Å². The average Bonchev–Trinajstić information content (AvgIpc) is 3.06. The molecule has 0 amide bonds. The van der Waals surface area contributed by atoms with Gasteiger partial charge in [-0.1, -0.05) is 13.8 Å². The van der Waals surface area contributed by atoms with Crippen LogP contribution in [-0.4, -0.2) is 36.4 Å². The number of methoxy groups -OCH3 is 1. The van der Waals surface area contributed by atoms with Gasteiger partial charge in [-0.15, -0.1) is 0 Å². The van der Waals surface area contributed by atoms with Crippen molar-refractivity contribution in [1.82, 2.24) is 0 Å². The molecule has 5 nitrogen and oxygen atoms in total. The number of aliphatic hydroxyl groups is 1. The molecule has 4 fully saturated rings. The summed E-state index contributed by atoms with van der Waals surface area (Å²) in [5.74, 6) is 2.68. The quantitative estimate of drug-likeness (QED) is 0.624. The summed E-state index contributed by atoms with van der Waals surface area (Å²) in [6, 6.07) is 0. The topological polar surface area (TPSA) is 72.8 Å². The Bertz CT molecular complexity index is 691. The maximum absolute atomic E-state index is 11.6. The van der Waals surface area contributed by atoms with E-state index in [0.717, 1.165) is 38.5 Å². The molecule has 4 rings (SSSR count). The summed E-state index contributed by atoms with van der Waals surface area (Å²) in [4.78, 5) is 23.0. The maximum atomic E-state index is 11.6. The third-order valence-electron chi connectivity index (χ3n) is 10.4. The summed E-state index contributed by atoms with van der Waals surface area (Å²) in [6.45, 7) is 6.34. The van der Waals surface area contributed by atoms with Crippen molar-refractivity contribution >= 4 is 11.9 Å². The fourth-order valence-corrected chi connectivity index (χ4v) is 8.71. The van der Waals surface area contributed by atoms with Crippen LogP contribution in [0.15, 0.2) is 0 Å². The van der Waals surface area contributed by atoms with E-state index < -0.39 is 0 Å². The van der Waals surface area contributed by atoms with Gasteiger partial charge in [0, 0.05) is 13.3 Å². The zero-order valence-corrected chi connectivity index (χ0v) is 19.9. The Kier molecular flexibility index (Phi) is 6.46. The van der Waals surface area contributed by atoms with Crippen LogP contribution in [0.25, 0.3) is 0 Å². The standard InChI is InChI=1S/C26H42O5/c1-16(27)31-19-12-13-25(2)18(14-19)8-10-20-21-11-9-17(6-5-7-24(29)30-4)26(21,3)23(28)15-22(20)25/h17-23,28H,5-15H2,1-4H3/t17-,18+,19+,20-,21-,22-,23-,25-,26+/m0/s1. The highest BCUT2D eigenvalue weighted by atomic mass is 16.5. The smallest absolute Gasteiger partial charge is 0.305 e. The van der Waals surface area contributed by atoms with Crippen molar-refractivity contribution in [3.05, 3.63) is 0 Å². The largest absolute Gasteiger partial charge is 0.469 e. The highest BCUT2D eigenvalue weighted by Gasteiger charge is 2.63. The van der Waals surface area contributed by atoms with Crippen LogP contribution in [-0.2, 0) is 19.1 Å². The van der Waals surface area contributed by atoms with Crippen molar-refractivity contribution in [2.24, 2.45) is 40.4 Å². The Labute approximate surface area is 187 Å². The van der Waals surface area contributed by atoms with E-state index >= 15 is 0 Å². The Morgan fingerprint density at radius 3 is 2.52 bits per heavy atom. The van der Waals surface area contributed by atoms with E-state index in [2.05, 4.69) is 13.8 Å². The van der Waals surface area contributed by atoms with Crippen LogP contribution in [0.2, 0.25) is 0 Å². The molecular formula is C26H42O5. The van der Waals surface area contributed by atoms with Gasteiger partial charge in [-0.3, -0.25) is 9.59 Å². The molecule has 31 heavy (non-hydrogen) atoms. The number of carbonyl (C=O) groups excluding carboxylic acids is 2. The Morgan fingerprint density at radius 1 is 1.03 bits per heavy atom. The van der Waals surface area contributed by atoms with E-state index in [1.54, 1.807) is 0 Å². The highest BCUT2D eigenvalue weighted by Crippen LogP contribution is 2.68. The number of esters is 2. The Hall–Kier alpha value is -1.10. The summed E-state index contributed by atoms with van der Waals surface area (Å²) >= 11 is 0. The second-order valence-electron chi connectivity index (χ2n) is 11.5. The van der Waals surface area contributed by atoms with Gasteiger partial charge in [0.05, 0.1) is 13.2 Å². The monoisotopic (exact) mass is 434 g/mol. The number of carbonyl (C=O) groups is 2. The first-order valence-electron chi connectivity index (χ1n) is 12.6. The molecule has 0 aromatic heterocycles. The number of aliphatic hydroxyl groups excluding tert-OH is 1. The van der Waals surface area contributed by atoms with E-state index in [4.69, 9.17) is 9.47 Å². The lowest BCUT2D eigenvalue weighted by atomic mass is 9.44. The normalized spacial score (nSPS) is 46.4. The predicted molar refractivity (Wildman–Crippen MR) is 118 cm³/mol. The van der Waals surface area contributed by atoms with E-state index in [9.17, 15) is 14.7 Å². The first-order chi connectivity index (χ1) is 14.7. The zero-order valence-electron chi connectivity index (χ0n) is 19.9. The number of rotatable bonds is 5. The van der Waals surface area contributed by atoms with Gasteiger partial charge in [-0.2, -0.15) is 0 Å². The first kappa shape index (κ1) is 23.1. The van der Waals surface area contributed by atoms with Gasteiger partial charge in [-0.05, 0) is 105 Å². The molecular weight excluding hydrogens is 392 g/mol. The molecule has 0 unspecified atom stereocenters. The van der Waals surface area contributed by atoms with Crippen LogP contribution in [0, 0.1) is 40.4 Å². The summed E-state index contributed by atoms with van der Waals surface area (Å²) in [5, 5.41) is 11.5. The molecule has 9 atom stereocenters. The van der Waals surface area contributed by atoms with E-state index in [1.807, 2.05) is 0 Å². The maximum Gasteiger partial charge on any atom is 0.305 e. The minimum Gasteiger partial charge on any atom is -0.469 e. The van der Waals surface area contributed by atoms with Gasteiger partial charge in [0.15, 0.2) is 0 Å². The molecule has 4 aliphatic rings. The molecule has 0 aromatic carbocycles. The van der Waals surface area contributed by atoms with Gasteiger partial charge in [0.2, 0.25) is 0 Å². The Morgan fingerprint density at radius 2 is 1.81 bits per heavy atom. The van der Waals surface area contributed by atoms with Crippen molar-refractivity contribution in [3.63, 3.8) is 0 Å². The highest BCUT2D eigenvalue weighted by molar-refractivity contribution is 5.69. The Balaban J connectivity index is 1.47. The molecule has 5 heteroatoms. The van der Waals surface area contributed by atoms with Crippen molar-refractivity contribution in [3.8, 4) is 0 Å². The van der Waals surface area contributed by atoms with Crippen molar-refractivity contribution in [2.45, 2.75) is 104 Å². The lowest BCUT2D eigenvalue weighted by Gasteiger charge is -2.62. The zero-order chi connectivity index (χ0) is 22.4. The molecule has 176 valence electrons. The van der Waals surface area contributed by atoms with Crippen molar-refractivity contribution in [2.75, 3.05) is 7.11 Å². The number of fused-ring (bicyclic) bond motifs is 5. The summed E-state index contributed by atoms with van der Waals surface area (Å²) in [6.07, 6.45) is 11.0. The molecule has 4 saturated carbocycles. The number of ether oxygens (including phenoxy) is 2. The molecule has 4 aliphatic carbocycles. The van der Waals surface area contributed by atoms with Crippen LogP contribution in [0.3, 0.4) is 0 Å². The molecule has 0 aromatic rings. The number of hydrogen-bond donors (Lipinski definition) is 1. The SMILES string of the molecule is COC(=O)CCC[C@H]1CC[C@H]2[C@@H]3CC[C@@H]4C[C@H](OC(C)=O)CC[C@]4(C)[C@H]3C[C@H](O)[C@]12C.